The Kier molecular flexibility index (Phi) is 8.28. The van der Waals surface area contributed by atoms with E-state index in [4.69, 9.17) is 5.73 Å². The Bertz CT molecular complexity index is 941. The molecule has 2 aliphatic heterocycles. The molecule has 3 rings (SSSR count). The lowest BCUT2D eigenvalue weighted by Crippen LogP contribution is -2.60. The van der Waals surface area contributed by atoms with Crippen molar-refractivity contribution < 1.29 is 14.4 Å². The summed E-state index contributed by atoms with van der Waals surface area (Å²) in [6.07, 6.45) is 2.27. The van der Waals surface area contributed by atoms with E-state index in [1.165, 1.54) is 4.90 Å². The van der Waals surface area contributed by atoms with Crippen LogP contribution in [0.4, 0.5) is 0 Å². The summed E-state index contributed by atoms with van der Waals surface area (Å²) in [7, 11) is 3.44. The first-order valence-corrected chi connectivity index (χ1v) is 12.0. The minimum atomic E-state index is -0.759. The van der Waals surface area contributed by atoms with Gasteiger partial charge in [-0.05, 0) is 43.9 Å². The van der Waals surface area contributed by atoms with Crippen molar-refractivity contribution in [2.24, 2.45) is 5.73 Å². The van der Waals surface area contributed by atoms with Crippen molar-refractivity contribution in [1.29, 1.82) is 5.26 Å². The minimum Gasteiger partial charge on any atom is -0.345 e. The Balaban J connectivity index is 1.66. The van der Waals surface area contributed by atoms with Gasteiger partial charge in [0.1, 0.15) is 6.04 Å². The molecule has 3 unspecified atom stereocenters. The van der Waals surface area contributed by atoms with Gasteiger partial charge in [0.2, 0.25) is 11.8 Å². The number of nitriles is 1. The highest BCUT2D eigenvalue weighted by molar-refractivity contribution is 5.93. The Morgan fingerprint density at radius 3 is 2.53 bits per heavy atom. The summed E-state index contributed by atoms with van der Waals surface area (Å²) in [5.41, 5.74) is 7.81. The monoisotopic (exact) mass is 468 g/mol. The molecule has 1 aromatic rings. The Morgan fingerprint density at radius 1 is 1.26 bits per heavy atom. The van der Waals surface area contributed by atoms with Crippen LogP contribution < -0.4 is 5.73 Å². The molecule has 9 heteroatoms. The third kappa shape index (κ3) is 5.40. The molecule has 1 aromatic carbocycles. The number of likely N-dealkylation sites (tertiary alicyclic amines) is 1. The number of nitrogens with zero attached hydrogens (tertiary/aromatic N) is 5. The molecule has 0 bridgehead atoms. The van der Waals surface area contributed by atoms with Crippen LogP contribution in [0, 0.1) is 11.3 Å². The lowest BCUT2D eigenvalue weighted by atomic mass is 9.99. The van der Waals surface area contributed by atoms with Crippen molar-refractivity contribution in [3.05, 3.63) is 35.4 Å². The molecule has 3 amide bonds. The number of carbonyl (C=O) groups is 3. The van der Waals surface area contributed by atoms with Crippen molar-refractivity contribution in [2.75, 3.05) is 40.3 Å². The average Bonchev–Trinajstić information content (AvgIpc) is 3.31. The van der Waals surface area contributed by atoms with E-state index in [0.717, 1.165) is 18.4 Å². The van der Waals surface area contributed by atoms with Crippen molar-refractivity contribution in [1.82, 2.24) is 19.6 Å². The van der Waals surface area contributed by atoms with Gasteiger partial charge < -0.3 is 20.4 Å². The second-order valence-electron chi connectivity index (χ2n) is 9.48. The zero-order valence-electron chi connectivity index (χ0n) is 20.6. The van der Waals surface area contributed by atoms with Gasteiger partial charge in [-0.1, -0.05) is 19.1 Å². The number of rotatable bonds is 7. The van der Waals surface area contributed by atoms with Gasteiger partial charge in [0, 0.05) is 45.3 Å². The van der Waals surface area contributed by atoms with Crippen LogP contribution in [-0.4, -0.2) is 95.7 Å². The first-order valence-electron chi connectivity index (χ1n) is 12.0. The number of benzene rings is 1. The number of piperazine rings is 1. The molecular weight excluding hydrogens is 432 g/mol. The minimum absolute atomic E-state index is 0.00485. The van der Waals surface area contributed by atoms with Gasteiger partial charge >= 0.3 is 0 Å². The van der Waals surface area contributed by atoms with E-state index in [0.29, 0.717) is 31.6 Å². The van der Waals surface area contributed by atoms with E-state index >= 15 is 0 Å². The fourth-order valence-corrected chi connectivity index (χ4v) is 4.98. The van der Waals surface area contributed by atoms with Crippen LogP contribution in [0.2, 0.25) is 0 Å². The summed E-state index contributed by atoms with van der Waals surface area (Å²) in [5.74, 6) is -0.279. The molecule has 2 aliphatic rings. The maximum atomic E-state index is 13.2. The zero-order chi connectivity index (χ0) is 25.0. The molecule has 2 N–H and O–H groups in total. The van der Waals surface area contributed by atoms with Gasteiger partial charge in [-0.15, -0.1) is 0 Å². The number of hydrogen-bond acceptors (Lipinski definition) is 6. The van der Waals surface area contributed by atoms with E-state index in [2.05, 4.69) is 6.07 Å². The maximum Gasteiger partial charge on any atom is 0.253 e. The Labute approximate surface area is 202 Å². The fraction of sp³-hybridized carbons (Fsp3) is 0.600. The molecular formula is C25H36N6O3. The molecule has 184 valence electrons. The van der Waals surface area contributed by atoms with E-state index in [1.807, 2.05) is 35.8 Å². The molecule has 2 heterocycles. The number of carbonyl (C=O) groups excluding carboxylic acids is 3. The number of hydrogen-bond donors (Lipinski definition) is 1. The maximum absolute atomic E-state index is 13.2. The summed E-state index contributed by atoms with van der Waals surface area (Å²) in [6, 6.07) is 8.28. The summed E-state index contributed by atoms with van der Waals surface area (Å²) < 4.78 is 0. The van der Waals surface area contributed by atoms with Crippen LogP contribution in [0.5, 0.6) is 0 Å². The summed E-state index contributed by atoms with van der Waals surface area (Å²) in [4.78, 5) is 45.2. The molecule has 0 aliphatic carbocycles. The van der Waals surface area contributed by atoms with Crippen LogP contribution in [0.25, 0.3) is 0 Å². The third-order valence-electron chi connectivity index (χ3n) is 6.90. The summed E-state index contributed by atoms with van der Waals surface area (Å²) >= 11 is 0. The van der Waals surface area contributed by atoms with E-state index in [9.17, 15) is 19.6 Å². The van der Waals surface area contributed by atoms with E-state index in [1.54, 1.807) is 31.1 Å². The SMILES string of the molecule is CC[C@H]1CN(CC(N)C(=O)N2CCCC2C#N)CC(=O)N1C(C)c1ccc(C(=O)N(C)C)cc1. The van der Waals surface area contributed by atoms with Gasteiger partial charge in [-0.2, -0.15) is 5.26 Å². The largest absolute Gasteiger partial charge is 0.345 e. The molecule has 0 saturated carbocycles. The normalized spacial score (nSPS) is 22.9. The number of amides is 3. The zero-order valence-corrected chi connectivity index (χ0v) is 20.6. The summed E-state index contributed by atoms with van der Waals surface area (Å²) in [5, 5.41) is 9.27. The van der Waals surface area contributed by atoms with Gasteiger partial charge in [-0.25, -0.2) is 0 Å². The van der Waals surface area contributed by atoms with Gasteiger partial charge in [-0.3, -0.25) is 19.3 Å². The second-order valence-corrected chi connectivity index (χ2v) is 9.48. The molecule has 0 radical (unpaired) electrons. The first kappa shape index (κ1) is 25.7. The van der Waals surface area contributed by atoms with Gasteiger partial charge in [0.05, 0.1) is 24.7 Å². The van der Waals surface area contributed by atoms with Crippen LogP contribution in [0.1, 0.15) is 55.1 Å². The highest BCUT2D eigenvalue weighted by Gasteiger charge is 2.37. The average molecular weight is 469 g/mol. The van der Waals surface area contributed by atoms with E-state index < -0.39 is 12.1 Å². The van der Waals surface area contributed by atoms with Crippen molar-refractivity contribution in [3.8, 4) is 6.07 Å². The molecule has 2 fully saturated rings. The van der Waals surface area contributed by atoms with Crippen molar-refractivity contribution in [3.63, 3.8) is 0 Å². The number of nitrogens with two attached hydrogens (primary N) is 1. The van der Waals surface area contributed by atoms with Crippen molar-refractivity contribution in [2.45, 2.75) is 57.3 Å². The highest BCUT2D eigenvalue weighted by atomic mass is 16.2. The predicted molar refractivity (Wildman–Crippen MR) is 129 cm³/mol. The topological polar surface area (TPSA) is 114 Å². The van der Waals surface area contributed by atoms with Crippen LogP contribution in [-0.2, 0) is 9.59 Å². The Hall–Kier alpha value is -2.96. The fourth-order valence-electron chi connectivity index (χ4n) is 4.98. The molecule has 2 saturated heterocycles. The van der Waals surface area contributed by atoms with Gasteiger partial charge in [0.15, 0.2) is 0 Å². The third-order valence-corrected chi connectivity index (χ3v) is 6.90. The molecule has 34 heavy (non-hydrogen) atoms. The Morgan fingerprint density at radius 2 is 1.94 bits per heavy atom. The van der Waals surface area contributed by atoms with Crippen molar-refractivity contribution >= 4 is 17.7 Å². The van der Waals surface area contributed by atoms with Crippen LogP contribution in [0.15, 0.2) is 24.3 Å². The second kappa shape index (κ2) is 11.0. The molecule has 9 nitrogen and oxygen atoms in total. The predicted octanol–water partition coefficient (Wildman–Crippen LogP) is 1.21. The van der Waals surface area contributed by atoms with E-state index in [-0.39, 0.29) is 36.3 Å². The smallest absolute Gasteiger partial charge is 0.253 e. The lowest BCUT2D eigenvalue weighted by Gasteiger charge is -2.44. The first-order chi connectivity index (χ1) is 16.2. The molecule has 0 spiro atoms. The van der Waals surface area contributed by atoms with Crippen LogP contribution >= 0.6 is 0 Å². The molecule has 4 atom stereocenters. The highest BCUT2D eigenvalue weighted by Crippen LogP contribution is 2.28. The lowest BCUT2D eigenvalue weighted by molar-refractivity contribution is -0.144. The quantitative estimate of drug-likeness (QED) is 0.644. The van der Waals surface area contributed by atoms with Gasteiger partial charge in [0.25, 0.3) is 5.91 Å². The molecule has 0 aromatic heterocycles. The van der Waals surface area contributed by atoms with Crippen LogP contribution in [0.3, 0.4) is 0 Å². The standard InChI is InChI=1S/C25H36N6O3/c1-5-20-14-29(15-22(27)25(34)30-12-6-7-21(30)13-26)16-23(32)31(20)17(2)18-8-10-19(11-9-18)24(33)28(3)4/h8-11,17,20-22H,5-7,12,14-16,27H2,1-4H3/t17?,20-,21?,22?/m0/s1. The summed E-state index contributed by atoms with van der Waals surface area (Å²) in [6.45, 7) is 5.73.